The van der Waals surface area contributed by atoms with Gasteiger partial charge in [0.15, 0.2) is 0 Å². The predicted octanol–water partition coefficient (Wildman–Crippen LogP) is 10.3. The molecule has 2 heterocycles. The maximum absolute atomic E-state index is 6.90. The minimum atomic E-state index is -2.30. The molecule has 0 fully saturated rings. The van der Waals surface area contributed by atoms with Crippen LogP contribution in [0.3, 0.4) is 0 Å². The molecule has 0 radical (unpaired) electrons. The van der Waals surface area contributed by atoms with E-state index in [0.717, 1.165) is 6.42 Å². The molecule has 1 nitrogen and oxygen atoms in total. The zero-order valence-electron chi connectivity index (χ0n) is 27.8. The third-order valence-electron chi connectivity index (χ3n) is 11.2. The maximum Gasteiger partial charge on any atom is 0.0558 e. The van der Waals surface area contributed by atoms with Gasteiger partial charge in [-0.15, -0.1) is 0 Å². The second-order valence-electron chi connectivity index (χ2n) is 14.0. The van der Waals surface area contributed by atoms with Crippen molar-refractivity contribution in [3.05, 3.63) is 204 Å². The van der Waals surface area contributed by atoms with Gasteiger partial charge in [0.25, 0.3) is 0 Å². The molecule has 3 aliphatic rings. The van der Waals surface area contributed by atoms with E-state index in [-0.39, 0.29) is 16.7 Å². The summed E-state index contributed by atoms with van der Waals surface area (Å²) in [5.41, 5.74) is 9.70. The fourth-order valence-electron chi connectivity index (χ4n) is 8.99. The van der Waals surface area contributed by atoms with Crippen LogP contribution in [0, 0.1) is 5.92 Å². The Hall–Kier alpha value is -4.75. The molecule has 3 heteroatoms. The summed E-state index contributed by atoms with van der Waals surface area (Å²) < 4.78 is 0. The first-order valence-corrected chi connectivity index (χ1v) is 20.1. The number of allylic oxidation sites excluding steroid dienone is 4. The second-order valence-corrected chi connectivity index (χ2v) is 18.3. The Labute approximate surface area is 295 Å². The van der Waals surface area contributed by atoms with Crippen LogP contribution in [-0.2, 0) is 22.6 Å². The third-order valence-corrected chi connectivity index (χ3v) is 16.2. The second kappa shape index (κ2) is 11.4. The number of hydrogen-bond donors (Lipinski definition) is 0. The Kier molecular flexibility index (Phi) is 7.06. The van der Waals surface area contributed by atoms with Crippen LogP contribution >= 0.6 is 6.04 Å². The van der Waals surface area contributed by atoms with Crippen molar-refractivity contribution in [2.75, 3.05) is 4.90 Å². The molecule has 6 aromatic rings. The molecule has 1 aliphatic carbocycles. The Bertz CT molecular complexity index is 2290. The van der Waals surface area contributed by atoms with E-state index < -0.39 is 6.04 Å². The van der Waals surface area contributed by atoms with Crippen molar-refractivity contribution in [3.63, 3.8) is 0 Å². The van der Waals surface area contributed by atoms with E-state index in [2.05, 4.69) is 195 Å². The number of fused-ring (bicyclic) bond motifs is 4. The van der Waals surface area contributed by atoms with E-state index >= 15 is 0 Å². The molecule has 0 aromatic heterocycles. The summed E-state index contributed by atoms with van der Waals surface area (Å²) in [6.45, 7) is 4.75. The lowest BCUT2D eigenvalue weighted by molar-refractivity contribution is 0.445. The first kappa shape index (κ1) is 30.3. The van der Waals surface area contributed by atoms with E-state index in [0.29, 0.717) is 0 Å². The van der Waals surface area contributed by atoms with Gasteiger partial charge in [0.05, 0.1) is 16.8 Å². The smallest absolute Gasteiger partial charge is 0.0558 e. The summed E-state index contributed by atoms with van der Waals surface area (Å²) in [6, 6.07) is 54.0. The van der Waals surface area contributed by atoms with Gasteiger partial charge in [-0.05, 0) is 80.3 Å². The van der Waals surface area contributed by atoms with Crippen molar-refractivity contribution < 1.29 is 0 Å². The summed E-state index contributed by atoms with van der Waals surface area (Å²) in [4.78, 5) is 2.51. The van der Waals surface area contributed by atoms with Crippen molar-refractivity contribution in [3.8, 4) is 0 Å². The van der Waals surface area contributed by atoms with Crippen molar-refractivity contribution in [1.82, 2.24) is 0 Å². The SMILES string of the molecule is CC1(C)c2ccccc2P(=S)(c2ccccc2)c2ccc(N3c4ccccc4C(c4ccccc4)(C4C=CC=CC4)c4ccccc43)cc21. The predicted molar refractivity (Wildman–Crippen MR) is 212 cm³/mol. The lowest BCUT2D eigenvalue weighted by Gasteiger charge is -2.50. The number of anilines is 3. The lowest BCUT2D eigenvalue weighted by atomic mass is 9.58. The molecule has 49 heavy (non-hydrogen) atoms. The monoisotopic (exact) mass is 667 g/mol. The van der Waals surface area contributed by atoms with Crippen molar-refractivity contribution in [2.24, 2.45) is 5.92 Å². The van der Waals surface area contributed by atoms with E-state index in [4.69, 9.17) is 11.8 Å². The minimum absolute atomic E-state index is 0.221. The van der Waals surface area contributed by atoms with Crippen LogP contribution in [0.25, 0.3) is 0 Å². The molecule has 0 bridgehead atoms. The normalized spacial score (nSPS) is 20.9. The van der Waals surface area contributed by atoms with E-state index in [9.17, 15) is 0 Å². The van der Waals surface area contributed by atoms with Gasteiger partial charge in [0.1, 0.15) is 0 Å². The quantitative estimate of drug-likeness (QED) is 0.172. The van der Waals surface area contributed by atoms with Gasteiger partial charge in [-0.2, -0.15) is 0 Å². The molecule has 0 saturated carbocycles. The van der Waals surface area contributed by atoms with Crippen molar-refractivity contribution in [1.29, 1.82) is 0 Å². The molecule has 2 unspecified atom stereocenters. The zero-order valence-corrected chi connectivity index (χ0v) is 29.5. The third kappa shape index (κ3) is 4.27. The summed E-state index contributed by atoms with van der Waals surface area (Å²) >= 11 is 6.90. The summed E-state index contributed by atoms with van der Waals surface area (Å²) in [6.07, 6.45) is 10.1. The highest BCUT2D eigenvalue weighted by Crippen LogP contribution is 2.60. The molecule has 0 spiro atoms. The molecular formula is C46H38NPS. The number of nitrogens with zero attached hydrogens (tertiary/aromatic N) is 1. The fourth-order valence-corrected chi connectivity index (χ4v) is 13.7. The molecule has 0 N–H and O–H groups in total. The van der Waals surface area contributed by atoms with Gasteiger partial charge in [0.2, 0.25) is 0 Å². The zero-order chi connectivity index (χ0) is 33.2. The summed E-state index contributed by atoms with van der Waals surface area (Å²) in [7, 11) is 0. The van der Waals surface area contributed by atoms with Crippen molar-refractivity contribution in [2.45, 2.75) is 31.1 Å². The maximum atomic E-state index is 6.90. The van der Waals surface area contributed by atoms with Crippen LogP contribution < -0.4 is 20.8 Å². The number of para-hydroxylation sites is 2. The number of benzene rings is 6. The average molecular weight is 668 g/mol. The van der Waals surface area contributed by atoms with Crippen LogP contribution in [0.5, 0.6) is 0 Å². The van der Waals surface area contributed by atoms with Gasteiger partial charge in [-0.1, -0.05) is 177 Å². The lowest BCUT2D eigenvalue weighted by Crippen LogP contribution is -2.43. The van der Waals surface area contributed by atoms with Gasteiger partial charge in [-0.25, -0.2) is 0 Å². The van der Waals surface area contributed by atoms with E-state index in [1.165, 1.54) is 60.8 Å². The Morgan fingerprint density at radius 3 is 1.82 bits per heavy atom. The number of rotatable bonds is 4. The largest absolute Gasteiger partial charge is 0.310 e. The number of hydrogen-bond acceptors (Lipinski definition) is 2. The van der Waals surface area contributed by atoms with E-state index in [1.807, 2.05) is 0 Å². The molecule has 0 amide bonds. The first-order chi connectivity index (χ1) is 24.0. The van der Waals surface area contributed by atoms with Gasteiger partial charge < -0.3 is 4.90 Å². The Morgan fingerprint density at radius 1 is 0.592 bits per heavy atom. The molecular weight excluding hydrogens is 630 g/mol. The van der Waals surface area contributed by atoms with Crippen LogP contribution in [0.2, 0.25) is 0 Å². The molecule has 238 valence electrons. The van der Waals surface area contributed by atoms with Crippen LogP contribution in [0.4, 0.5) is 17.1 Å². The van der Waals surface area contributed by atoms with Crippen LogP contribution in [-0.4, -0.2) is 0 Å². The topological polar surface area (TPSA) is 3.24 Å². The highest BCUT2D eigenvalue weighted by molar-refractivity contribution is 8.25. The van der Waals surface area contributed by atoms with Gasteiger partial charge in [0, 0.05) is 17.1 Å². The summed E-state index contributed by atoms with van der Waals surface area (Å²) in [5.74, 6) is 0.264. The molecule has 9 rings (SSSR count). The Balaban J connectivity index is 1.31. The minimum Gasteiger partial charge on any atom is -0.310 e. The average Bonchev–Trinajstić information content (AvgIpc) is 3.17. The highest BCUT2D eigenvalue weighted by atomic mass is 32.4. The van der Waals surface area contributed by atoms with Gasteiger partial charge >= 0.3 is 0 Å². The van der Waals surface area contributed by atoms with E-state index in [1.54, 1.807) is 0 Å². The Morgan fingerprint density at radius 2 is 1.16 bits per heavy atom. The van der Waals surface area contributed by atoms with Crippen LogP contribution in [0.1, 0.15) is 48.1 Å². The fraction of sp³-hybridized carbons (Fsp3) is 0.130. The van der Waals surface area contributed by atoms with Crippen molar-refractivity contribution >= 4 is 50.8 Å². The molecule has 0 saturated heterocycles. The first-order valence-electron chi connectivity index (χ1n) is 17.3. The van der Waals surface area contributed by atoms with Crippen LogP contribution in [0.15, 0.2) is 176 Å². The summed E-state index contributed by atoms with van der Waals surface area (Å²) in [5, 5.41) is 3.87. The molecule has 2 aliphatic heterocycles. The van der Waals surface area contributed by atoms with Gasteiger partial charge in [-0.3, -0.25) is 0 Å². The molecule has 2 atom stereocenters. The molecule has 6 aromatic carbocycles. The standard InChI is InChI=1S/C46H38NPS/c1-45(2)39-26-14-17-29-43(39)48(49,36-22-10-5-11-23-36)44-31-30-35(32-40(44)45)47-41-27-15-12-24-37(41)46(33-18-6-3-7-19-33,34-20-8-4-9-21-34)38-25-13-16-28-42(38)47/h3-20,22-32,34H,21H2,1-2H3. The highest BCUT2D eigenvalue weighted by Gasteiger charge is 2.49.